The highest BCUT2D eigenvalue weighted by molar-refractivity contribution is 7.15. The van der Waals surface area contributed by atoms with Crippen molar-refractivity contribution >= 4 is 28.4 Å². The monoisotopic (exact) mass is 378 g/mol. The predicted octanol–water partition coefficient (Wildman–Crippen LogP) is 2.07. The molecule has 0 spiro atoms. The third-order valence-corrected chi connectivity index (χ3v) is 5.02. The Labute approximate surface area is 157 Å². The van der Waals surface area contributed by atoms with E-state index in [1.54, 1.807) is 16.2 Å². The van der Waals surface area contributed by atoms with Crippen LogP contribution in [0.4, 0.5) is 4.79 Å². The molecule has 0 radical (unpaired) electrons. The number of imidazole rings is 1. The number of hydrogen-bond donors (Lipinski definition) is 2. The number of guanidine groups is 1. The Hall–Kier alpha value is -2.29. The summed E-state index contributed by atoms with van der Waals surface area (Å²) in [5.74, 6) is 0.790. The Morgan fingerprint density at radius 3 is 2.92 bits per heavy atom. The number of likely N-dealkylation sites (tertiary alicyclic amines) is 1. The van der Waals surface area contributed by atoms with Crippen molar-refractivity contribution in [1.29, 1.82) is 0 Å². The molecule has 3 rings (SSSR count). The lowest BCUT2D eigenvalue weighted by Crippen LogP contribution is -2.49. The lowest BCUT2D eigenvalue weighted by Gasteiger charge is -2.32. The lowest BCUT2D eigenvalue weighted by atomic mass is 10.1. The fraction of sp³-hybridized carbons (Fsp3) is 0.588. The summed E-state index contributed by atoms with van der Waals surface area (Å²) in [5, 5.41) is 8.78. The van der Waals surface area contributed by atoms with Crippen LogP contribution in [0.5, 0.6) is 0 Å². The van der Waals surface area contributed by atoms with Crippen molar-refractivity contribution in [2.75, 3.05) is 26.2 Å². The molecule has 1 amide bonds. The van der Waals surface area contributed by atoms with Gasteiger partial charge in [0.15, 0.2) is 10.9 Å². The van der Waals surface area contributed by atoms with E-state index in [9.17, 15) is 4.79 Å². The Kier molecular flexibility index (Phi) is 6.32. The molecule has 0 unspecified atom stereocenters. The maximum absolute atomic E-state index is 11.8. The second-order valence-electron chi connectivity index (χ2n) is 6.12. The molecule has 0 aliphatic carbocycles. The van der Waals surface area contributed by atoms with Crippen molar-refractivity contribution in [3.05, 3.63) is 23.5 Å². The normalized spacial score (nSPS) is 16.1. The highest BCUT2D eigenvalue weighted by Crippen LogP contribution is 2.13. The number of nitrogens with zero attached hydrogens (tertiary/aromatic N) is 4. The number of rotatable bonds is 5. The zero-order valence-electron chi connectivity index (χ0n) is 15.3. The Balaban J connectivity index is 1.53. The molecule has 9 heteroatoms. The summed E-state index contributed by atoms with van der Waals surface area (Å²) in [5.41, 5.74) is 0.950. The van der Waals surface area contributed by atoms with Crippen molar-refractivity contribution < 1.29 is 9.53 Å². The zero-order valence-corrected chi connectivity index (χ0v) is 16.1. The molecule has 1 fully saturated rings. The lowest BCUT2D eigenvalue weighted by molar-refractivity contribution is 0.0963. The third-order valence-electron chi connectivity index (χ3n) is 4.25. The molecule has 0 atom stereocenters. The molecular formula is C17H26N6O2S. The maximum atomic E-state index is 11.8. The van der Waals surface area contributed by atoms with Gasteiger partial charge < -0.3 is 20.3 Å². The molecular weight excluding hydrogens is 352 g/mol. The highest BCUT2D eigenvalue weighted by atomic mass is 32.1. The van der Waals surface area contributed by atoms with Gasteiger partial charge in [-0.2, -0.15) is 0 Å². The summed E-state index contributed by atoms with van der Waals surface area (Å²) in [6.07, 6.45) is 5.55. The number of ether oxygens (including phenoxy) is 1. The minimum absolute atomic E-state index is 0.216. The van der Waals surface area contributed by atoms with Crippen LogP contribution in [0.25, 0.3) is 4.96 Å². The summed E-state index contributed by atoms with van der Waals surface area (Å²) in [6.45, 7) is 7.03. The molecule has 1 aliphatic heterocycles. The van der Waals surface area contributed by atoms with Crippen LogP contribution >= 0.6 is 11.3 Å². The van der Waals surface area contributed by atoms with Gasteiger partial charge in [0, 0.05) is 43.4 Å². The predicted molar refractivity (Wildman–Crippen MR) is 103 cm³/mol. The van der Waals surface area contributed by atoms with Crippen LogP contribution in [-0.2, 0) is 11.3 Å². The van der Waals surface area contributed by atoms with E-state index in [0.29, 0.717) is 32.3 Å². The van der Waals surface area contributed by atoms with Crippen molar-refractivity contribution in [2.24, 2.45) is 4.99 Å². The number of amides is 1. The third kappa shape index (κ3) is 4.66. The topological polar surface area (TPSA) is 83.3 Å². The van der Waals surface area contributed by atoms with Gasteiger partial charge in [0.05, 0.1) is 18.8 Å². The average molecular weight is 379 g/mol. The highest BCUT2D eigenvalue weighted by Gasteiger charge is 2.24. The molecule has 1 aliphatic rings. The summed E-state index contributed by atoms with van der Waals surface area (Å²) in [7, 11) is 0. The van der Waals surface area contributed by atoms with Crippen LogP contribution in [0.3, 0.4) is 0 Å². The van der Waals surface area contributed by atoms with Crippen molar-refractivity contribution in [3.63, 3.8) is 0 Å². The molecule has 142 valence electrons. The Bertz CT molecular complexity index is 719. The van der Waals surface area contributed by atoms with Gasteiger partial charge in [-0.25, -0.2) is 14.8 Å². The van der Waals surface area contributed by atoms with Crippen LogP contribution in [0.15, 0.2) is 22.8 Å². The zero-order chi connectivity index (χ0) is 18.4. The number of aliphatic imine (C=N–C) groups is 1. The summed E-state index contributed by atoms with van der Waals surface area (Å²) in [4.78, 5) is 23.7. The molecule has 3 heterocycles. The average Bonchev–Trinajstić information content (AvgIpc) is 3.22. The number of piperidine rings is 1. The molecule has 2 aromatic heterocycles. The second kappa shape index (κ2) is 8.88. The second-order valence-corrected chi connectivity index (χ2v) is 7.00. The number of thiazole rings is 1. The maximum Gasteiger partial charge on any atom is 0.409 e. The summed E-state index contributed by atoms with van der Waals surface area (Å²) in [6, 6.07) is 0.295. The minimum atomic E-state index is -0.216. The molecule has 0 bridgehead atoms. The molecule has 2 N–H and O–H groups in total. The van der Waals surface area contributed by atoms with Gasteiger partial charge in [0.1, 0.15) is 0 Å². The molecule has 0 aromatic carbocycles. The van der Waals surface area contributed by atoms with Gasteiger partial charge in [-0.1, -0.05) is 0 Å². The van der Waals surface area contributed by atoms with E-state index in [0.717, 1.165) is 36.0 Å². The van der Waals surface area contributed by atoms with Gasteiger partial charge in [0.2, 0.25) is 0 Å². The van der Waals surface area contributed by atoms with E-state index >= 15 is 0 Å². The first-order chi connectivity index (χ1) is 12.7. The van der Waals surface area contributed by atoms with Crippen LogP contribution in [0, 0.1) is 0 Å². The Morgan fingerprint density at radius 2 is 2.23 bits per heavy atom. The molecule has 1 saturated heterocycles. The largest absolute Gasteiger partial charge is 0.450 e. The number of carbonyl (C=O) groups is 1. The van der Waals surface area contributed by atoms with Gasteiger partial charge >= 0.3 is 6.09 Å². The van der Waals surface area contributed by atoms with E-state index in [-0.39, 0.29) is 6.09 Å². The number of carbonyl (C=O) groups excluding carboxylic acids is 1. The fourth-order valence-corrected chi connectivity index (χ4v) is 3.67. The van der Waals surface area contributed by atoms with Gasteiger partial charge in [-0.15, -0.1) is 11.3 Å². The van der Waals surface area contributed by atoms with Crippen LogP contribution in [0.2, 0.25) is 0 Å². The van der Waals surface area contributed by atoms with Crippen molar-refractivity contribution in [3.8, 4) is 0 Å². The molecule has 0 saturated carbocycles. The number of fused-ring (bicyclic) bond motifs is 1. The first kappa shape index (κ1) is 18.5. The van der Waals surface area contributed by atoms with Crippen LogP contribution < -0.4 is 10.6 Å². The van der Waals surface area contributed by atoms with Crippen molar-refractivity contribution in [2.45, 2.75) is 39.3 Å². The van der Waals surface area contributed by atoms with Gasteiger partial charge in [0.25, 0.3) is 0 Å². The van der Waals surface area contributed by atoms with E-state index in [1.165, 1.54) is 0 Å². The minimum Gasteiger partial charge on any atom is -0.450 e. The van der Waals surface area contributed by atoms with E-state index in [4.69, 9.17) is 4.74 Å². The first-order valence-corrected chi connectivity index (χ1v) is 9.95. The molecule has 26 heavy (non-hydrogen) atoms. The summed E-state index contributed by atoms with van der Waals surface area (Å²) < 4.78 is 7.08. The quantitative estimate of drug-likeness (QED) is 0.615. The number of aromatic nitrogens is 2. The van der Waals surface area contributed by atoms with Crippen LogP contribution in [-0.4, -0.2) is 58.6 Å². The number of hydrogen-bond acceptors (Lipinski definition) is 5. The van der Waals surface area contributed by atoms with E-state index in [2.05, 4.69) is 20.6 Å². The van der Waals surface area contributed by atoms with Gasteiger partial charge in [-0.3, -0.25) is 4.40 Å². The summed E-state index contributed by atoms with van der Waals surface area (Å²) >= 11 is 1.62. The Morgan fingerprint density at radius 1 is 1.42 bits per heavy atom. The molecule has 2 aromatic rings. The number of nitrogens with one attached hydrogen (secondary N) is 2. The van der Waals surface area contributed by atoms with Gasteiger partial charge in [-0.05, 0) is 26.7 Å². The van der Waals surface area contributed by atoms with Crippen LogP contribution in [0.1, 0.15) is 32.4 Å². The van der Waals surface area contributed by atoms with E-state index < -0.39 is 0 Å². The first-order valence-electron chi connectivity index (χ1n) is 9.07. The standard InChI is InChI=1S/C17H26N6O2S/c1-3-18-15(19-11-14-12-23-9-10-26-16(23)21-14)20-13-5-7-22(8-6-13)17(24)25-4-2/h9-10,12-13H,3-8,11H2,1-2H3,(H2,18,19,20). The molecule has 8 nitrogen and oxygen atoms in total. The smallest absolute Gasteiger partial charge is 0.409 e. The fourth-order valence-electron chi connectivity index (χ4n) is 2.95. The van der Waals surface area contributed by atoms with Crippen molar-refractivity contribution in [1.82, 2.24) is 24.9 Å². The SMILES string of the molecule is CCNC(=NCc1cn2ccsc2n1)NC1CCN(C(=O)OCC)CC1. The van der Waals surface area contributed by atoms with E-state index in [1.807, 2.05) is 36.0 Å².